The average molecular weight is 478 g/mol. The Morgan fingerprint density at radius 3 is 2.65 bits per heavy atom. The number of thiophene rings is 1. The molecule has 1 fully saturated rings. The summed E-state index contributed by atoms with van der Waals surface area (Å²) in [6, 6.07) is 6.02. The molecule has 4 rings (SSSR count). The molecule has 1 aromatic carbocycles. The lowest BCUT2D eigenvalue weighted by Gasteiger charge is -2.38. The fraction of sp³-hybridized carbons (Fsp3) is 0.478. The number of thiocarbonyl (C=S) groups is 1. The number of carbonyl (C=O) groups excluding carboxylic acids is 1. The van der Waals surface area contributed by atoms with Crippen molar-refractivity contribution < 1.29 is 9.53 Å². The van der Waals surface area contributed by atoms with Gasteiger partial charge in [-0.25, -0.2) is 4.79 Å². The highest BCUT2D eigenvalue weighted by Gasteiger charge is 2.27. The number of halogens is 1. The van der Waals surface area contributed by atoms with Crippen LogP contribution in [0.15, 0.2) is 18.2 Å². The third-order valence-corrected chi connectivity index (χ3v) is 7.91. The summed E-state index contributed by atoms with van der Waals surface area (Å²) < 4.78 is 5.11. The molecule has 2 aliphatic rings. The Balaban J connectivity index is 1.46. The molecule has 2 heterocycles. The largest absolute Gasteiger partial charge is 0.465 e. The molecule has 2 aromatic rings. The molecule has 0 amide bonds. The van der Waals surface area contributed by atoms with E-state index in [-0.39, 0.29) is 5.97 Å². The molecule has 0 spiro atoms. The Kier molecular flexibility index (Phi) is 7.04. The first-order valence-electron chi connectivity index (χ1n) is 10.8. The molecular formula is C23H28ClN3O2S2. The highest BCUT2D eigenvalue weighted by molar-refractivity contribution is 7.80. The number of piperazine rings is 1. The second-order valence-electron chi connectivity index (χ2n) is 8.10. The lowest BCUT2D eigenvalue weighted by atomic mass is 10.1. The molecule has 8 heteroatoms. The van der Waals surface area contributed by atoms with Crippen LogP contribution in [0, 0.1) is 6.92 Å². The van der Waals surface area contributed by atoms with E-state index in [1.807, 2.05) is 12.1 Å². The molecular weight excluding hydrogens is 450 g/mol. The number of ether oxygens (including phenoxy) is 1. The predicted molar refractivity (Wildman–Crippen MR) is 133 cm³/mol. The second-order valence-corrected chi connectivity index (χ2v) is 10.0. The number of rotatable bonds is 3. The molecule has 1 aliphatic heterocycles. The van der Waals surface area contributed by atoms with Crippen LogP contribution in [0.4, 0.5) is 10.7 Å². The zero-order valence-electron chi connectivity index (χ0n) is 18.0. The van der Waals surface area contributed by atoms with Crippen molar-refractivity contribution in [3.8, 4) is 0 Å². The summed E-state index contributed by atoms with van der Waals surface area (Å²) in [7, 11) is 1.45. The lowest BCUT2D eigenvalue weighted by molar-refractivity contribution is 0.0601. The molecule has 0 atom stereocenters. The van der Waals surface area contributed by atoms with E-state index in [0.29, 0.717) is 10.7 Å². The van der Waals surface area contributed by atoms with E-state index in [4.69, 9.17) is 28.6 Å². The van der Waals surface area contributed by atoms with E-state index >= 15 is 0 Å². The van der Waals surface area contributed by atoms with E-state index in [2.05, 4.69) is 28.1 Å². The van der Waals surface area contributed by atoms with Gasteiger partial charge in [0.25, 0.3) is 0 Å². The molecule has 0 unspecified atom stereocenters. The van der Waals surface area contributed by atoms with Crippen LogP contribution in [-0.2, 0) is 17.6 Å². The number of aryl methyl sites for hydroxylation is 2. The highest BCUT2D eigenvalue weighted by Crippen LogP contribution is 2.38. The summed E-state index contributed by atoms with van der Waals surface area (Å²) in [4.78, 5) is 18.4. The van der Waals surface area contributed by atoms with E-state index in [0.717, 1.165) is 61.0 Å². The van der Waals surface area contributed by atoms with E-state index in [9.17, 15) is 4.79 Å². The highest BCUT2D eigenvalue weighted by atomic mass is 35.5. The summed E-state index contributed by atoms with van der Waals surface area (Å²) in [5, 5.41) is 5.64. The number of fused-ring (bicyclic) bond motifs is 1. The lowest BCUT2D eigenvalue weighted by Crippen LogP contribution is -2.50. The Bertz CT molecular complexity index is 983. The monoisotopic (exact) mass is 477 g/mol. The number of hydrogen-bond donors (Lipinski definition) is 1. The van der Waals surface area contributed by atoms with Crippen molar-refractivity contribution in [1.82, 2.24) is 4.90 Å². The van der Waals surface area contributed by atoms with E-state index in [1.165, 1.54) is 36.1 Å². The molecule has 1 saturated heterocycles. The Morgan fingerprint density at radius 2 is 1.90 bits per heavy atom. The van der Waals surface area contributed by atoms with Crippen molar-refractivity contribution in [2.45, 2.75) is 39.0 Å². The summed E-state index contributed by atoms with van der Waals surface area (Å²) in [5.41, 5.74) is 4.24. The molecule has 166 valence electrons. The van der Waals surface area contributed by atoms with Gasteiger partial charge in [0.1, 0.15) is 5.00 Å². The first kappa shape index (κ1) is 22.4. The number of nitrogens with zero attached hydrogens (tertiary/aromatic N) is 2. The molecule has 31 heavy (non-hydrogen) atoms. The van der Waals surface area contributed by atoms with Crippen LogP contribution < -0.4 is 10.2 Å². The van der Waals surface area contributed by atoms with Crippen molar-refractivity contribution in [3.05, 3.63) is 44.8 Å². The van der Waals surface area contributed by atoms with Gasteiger partial charge in [0.2, 0.25) is 0 Å². The van der Waals surface area contributed by atoms with Crippen molar-refractivity contribution in [2.24, 2.45) is 0 Å². The van der Waals surface area contributed by atoms with Gasteiger partial charge in [-0.15, -0.1) is 11.3 Å². The maximum absolute atomic E-state index is 12.6. The SMILES string of the molecule is COC(=O)c1c(NC(=S)N2CCN(c3cc(Cl)ccc3C)CC2)sc2c1CCCCC2. The van der Waals surface area contributed by atoms with E-state index in [1.54, 1.807) is 11.3 Å². The summed E-state index contributed by atoms with van der Waals surface area (Å²) in [6.07, 6.45) is 5.45. The maximum Gasteiger partial charge on any atom is 0.341 e. The topological polar surface area (TPSA) is 44.8 Å². The van der Waals surface area contributed by atoms with Crippen LogP contribution >= 0.6 is 35.2 Å². The number of anilines is 2. The van der Waals surface area contributed by atoms with Crippen LogP contribution in [0.3, 0.4) is 0 Å². The van der Waals surface area contributed by atoms with Gasteiger partial charge in [-0.3, -0.25) is 0 Å². The van der Waals surface area contributed by atoms with Crippen molar-refractivity contribution in [3.63, 3.8) is 0 Å². The van der Waals surface area contributed by atoms with Crippen molar-refractivity contribution in [1.29, 1.82) is 0 Å². The fourth-order valence-corrected chi connectivity index (χ4v) is 6.19. The first-order valence-corrected chi connectivity index (χ1v) is 12.4. The molecule has 5 nitrogen and oxygen atoms in total. The normalized spacial score (nSPS) is 16.5. The molecule has 1 aliphatic carbocycles. The van der Waals surface area contributed by atoms with E-state index < -0.39 is 0 Å². The quantitative estimate of drug-likeness (QED) is 0.368. The van der Waals surface area contributed by atoms with Crippen LogP contribution in [0.5, 0.6) is 0 Å². The minimum absolute atomic E-state index is 0.272. The second kappa shape index (κ2) is 9.76. The van der Waals surface area contributed by atoms with Crippen molar-refractivity contribution in [2.75, 3.05) is 43.5 Å². The molecule has 1 N–H and O–H groups in total. The molecule has 1 aromatic heterocycles. The van der Waals surface area contributed by atoms with Gasteiger partial charge >= 0.3 is 5.97 Å². The number of nitrogens with one attached hydrogen (secondary N) is 1. The molecule has 0 saturated carbocycles. The standard InChI is InChI=1S/C23H28ClN3O2S2/c1-15-8-9-16(24)14-18(15)26-10-12-27(13-11-26)23(30)25-21-20(22(28)29-2)17-6-4-3-5-7-19(17)31-21/h8-9,14H,3-7,10-13H2,1-2H3,(H,25,30). The van der Waals surface area contributed by atoms with Gasteiger partial charge in [-0.2, -0.15) is 0 Å². The zero-order valence-corrected chi connectivity index (χ0v) is 20.4. The van der Waals surface area contributed by atoms with Gasteiger partial charge in [-0.05, 0) is 68.1 Å². The predicted octanol–water partition coefficient (Wildman–Crippen LogP) is 5.28. The fourth-order valence-electron chi connectivity index (χ4n) is 4.40. The zero-order chi connectivity index (χ0) is 22.0. The number of hydrogen-bond acceptors (Lipinski definition) is 5. The smallest absolute Gasteiger partial charge is 0.341 e. The summed E-state index contributed by atoms with van der Waals surface area (Å²) in [5.74, 6) is -0.272. The Morgan fingerprint density at radius 1 is 1.16 bits per heavy atom. The number of carbonyl (C=O) groups is 1. The van der Waals surface area contributed by atoms with Crippen LogP contribution in [0.1, 0.15) is 45.6 Å². The first-order chi connectivity index (χ1) is 15.0. The Hall–Kier alpha value is -1.83. The van der Waals surface area contributed by atoms with Crippen LogP contribution in [-0.4, -0.2) is 49.3 Å². The molecule has 0 radical (unpaired) electrons. The van der Waals surface area contributed by atoms with Gasteiger partial charge in [-0.1, -0.05) is 24.1 Å². The number of esters is 1. The number of methoxy groups -OCH3 is 1. The summed E-state index contributed by atoms with van der Waals surface area (Å²) >= 11 is 13.6. The minimum atomic E-state index is -0.272. The van der Waals surface area contributed by atoms with Gasteiger partial charge < -0.3 is 19.9 Å². The maximum atomic E-state index is 12.6. The third kappa shape index (κ3) is 4.83. The van der Waals surface area contributed by atoms with Gasteiger partial charge in [0, 0.05) is 41.8 Å². The van der Waals surface area contributed by atoms with Crippen LogP contribution in [0.25, 0.3) is 0 Å². The van der Waals surface area contributed by atoms with Crippen LogP contribution in [0.2, 0.25) is 5.02 Å². The Labute approximate surface area is 198 Å². The average Bonchev–Trinajstić information content (AvgIpc) is 2.95. The summed E-state index contributed by atoms with van der Waals surface area (Å²) in [6.45, 7) is 5.48. The number of benzene rings is 1. The minimum Gasteiger partial charge on any atom is -0.465 e. The third-order valence-electron chi connectivity index (χ3n) is 6.11. The van der Waals surface area contributed by atoms with Crippen molar-refractivity contribution >= 4 is 56.9 Å². The van der Waals surface area contributed by atoms with Gasteiger partial charge in [0.15, 0.2) is 5.11 Å². The molecule has 0 bridgehead atoms. The van der Waals surface area contributed by atoms with Gasteiger partial charge in [0.05, 0.1) is 12.7 Å².